The van der Waals surface area contributed by atoms with E-state index in [0.717, 1.165) is 24.0 Å². The van der Waals surface area contributed by atoms with Crippen LogP contribution in [0.4, 0.5) is 0 Å². The molecule has 0 aliphatic carbocycles. The molecule has 2 heteroatoms. The lowest BCUT2D eigenvalue weighted by atomic mass is 10.0. The van der Waals surface area contributed by atoms with Crippen LogP contribution in [0.5, 0.6) is 5.75 Å². The number of hydrogen-bond acceptors (Lipinski definition) is 2. The van der Waals surface area contributed by atoms with Gasteiger partial charge in [-0.3, -0.25) is 0 Å². The van der Waals surface area contributed by atoms with Gasteiger partial charge < -0.3 is 4.74 Å². The number of hydrogen-bond donors (Lipinski definition) is 0. The predicted octanol–water partition coefficient (Wildman–Crippen LogP) is 6.82. The Labute approximate surface area is 179 Å². The van der Waals surface area contributed by atoms with E-state index in [1.165, 1.54) is 31.2 Å². The molecule has 0 aliphatic heterocycles. The lowest BCUT2D eigenvalue weighted by molar-refractivity contribution is 0.0734. The number of carbonyl (C=O) groups is 1. The minimum Gasteiger partial charge on any atom is -0.423 e. The van der Waals surface area contributed by atoms with Gasteiger partial charge in [-0.25, -0.2) is 4.79 Å². The first-order chi connectivity index (χ1) is 14.7. The van der Waals surface area contributed by atoms with Crippen LogP contribution in [0.25, 0.3) is 0 Å². The van der Waals surface area contributed by atoms with Crippen LogP contribution in [-0.2, 0) is 6.42 Å². The normalized spacial score (nSPS) is 10.2. The maximum atomic E-state index is 12.5. The summed E-state index contributed by atoms with van der Waals surface area (Å²) in [5.74, 6) is 6.44. The van der Waals surface area contributed by atoms with Gasteiger partial charge in [0.15, 0.2) is 0 Å². The number of carbonyl (C=O) groups excluding carboxylic acids is 1. The Hall–Kier alpha value is -3.31. The molecule has 0 radical (unpaired) electrons. The number of unbranched alkanes of at least 4 members (excludes halogenated alkanes) is 4. The molecule has 0 saturated carbocycles. The second-order valence-electron chi connectivity index (χ2n) is 7.39. The highest BCUT2D eigenvalue weighted by atomic mass is 16.5. The minimum atomic E-state index is -0.328. The van der Waals surface area contributed by atoms with Crippen molar-refractivity contribution >= 4 is 5.97 Å². The largest absolute Gasteiger partial charge is 0.423 e. The molecule has 30 heavy (non-hydrogen) atoms. The smallest absolute Gasteiger partial charge is 0.343 e. The Morgan fingerprint density at radius 3 is 2.20 bits per heavy atom. The molecule has 0 aromatic heterocycles. The van der Waals surface area contributed by atoms with Gasteiger partial charge in [-0.2, -0.15) is 0 Å². The van der Waals surface area contributed by atoms with Crippen molar-refractivity contribution in [1.82, 2.24) is 0 Å². The molecule has 0 atom stereocenters. The summed E-state index contributed by atoms with van der Waals surface area (Å²) in [5, 5.41) is 0. The van der Waals surface area contributed by atoms with Crippen molar-refractivity contribution in [2.45, 2.75) is 45.4 Å². The first kappa shape index (κ1) is 21.4. The summed E-state index contributed by atoms with van der Waals surface area (Å²) in [6.45, 7) is 2.22. The number of aryl methyl sites for hydroxylation is 1. The number of benzene rings is 3. The first-order valence-corrected chi connectivity index (χ1v) is 10.7. The van der Waals surface area contributed by atoms with Crippen molar-refractivity contribution in [2.75, 3.05) is 0 Å². The maximum absolute atomic E-state index is 12.5. The lowest BCUT2D eigenvalue weighted by Gasteiger charge is -2.07. The van der Waals surface area contributed by atoms with Gasteiger partial charge in [0.2, 0.25) is 0 Å². The molecule has 0 heterocycles. The molecule has 3 aromatic carbocycles. The second kappa shape index (κ2) is 11.6. The van der Waals surface area contributed by atoms with Crippen molar-refractivity contribution in [1.29, 1.82) is 0 Å². The van der Waals surface area contributed by atoms with Gasteiger partial charge in [0.05, 0.1) is 5.56 Å². The van der Waals surface area contributed by atoms with Gasteiger partial charge >= 0.3 is 5.97 Å². The lowest BCUT2D eigenvalue weighted by Crippen LogP contribution is -2.08. The highest BCUT2D eigenvalue weighted by Crippen LogP contribution is 2.16. The van der Waals surface area contributed by atoms with Gasteiger partial charge in [-0.05, 0) is 66.9 Å². The fraction of sp³-hybridized carbons (Fsp3) is 0.250. The Bertz CT molecular complexity index is 992. The monoisotopic (exact) mass is 396 g/mol. The van der Waals surface area contributed by atoms with Crippen molar-refractivity contribution in [3.05, 3.63) is 101 Å². The fourth-order valence-electron chi connectivity index (χ4n) is 3.22. The van der Waals surface area contributed by atoms with Crippen LogP contribution in [-0.4, -0.2) is 5.97 Å². The van der Waals surface area contributed by atoms with Gasteiger partial charge in [0.25, 0.3) is 0 Å². The molecule has 0 spiro atoms. The van der Waals surface area contributed by atoms with E-state index < -0.39 is 0 Å². The molecule has 0 saturated heterocycles. The quantitative estimate of drug-likeness (QED) is 0.181. The molecular weight excluding hydrogens is 368 g/mol. The third kappa shape index (κ3) is 6.94. The number of ether oxygens (including phenoxy) is 1. The van der Waals surface area contributed by atoms with Crippen LogP contribution in [0.3, 0.4) is 0 Å². The second-order valence-corrected chi connectivity index (χ2v) is 7.39. The highest BCUT2D eigenvalue weighted by molar-refractivity contribution is 5.91. The number of esters is 1. The van der Waals surface area contributed by atoms with Crippen LogP contribution in [0.2, 0.25) is 0 Å². The summed E-state index contributed by atoms with van der Waals surface area (Å²) >= 11 is 0. The van der Waals surface area contributed by atoms with E-state index in [1.807, 2.05) is 60.7 Å². The molecule has 152 valence electrons. The Kier molecular flexibility index (Phi) is 8.30. The average molecular weight is 397 g/mol. The van der Waals surface area contributed by atoms with Crippen molar-refractivity contribution in [3.8, 4) is 17.6 Å². The molecule has 0 amide bonds. The SMILES string of the molecule is CCCCCCCc1cccc(C(=O)Oc2ccc(C#Cc3ccccc3)cc2)c1. The van der Waals surface area contributed by atoms with Crippen molar-refractivity contribution in [3.63, 3.8) is 0 Å². The highest BCUT2D eigenvalue weighted by Gasteiger charge is 2.09. The van der Waals surface area contributed by atoms with E-state index in [1.54, 1.807) is 12.1 Å². The third-order valence-corrected chi connectivity index (χ3v) is 4.92. The molecule has 0 aliphatic rings. The van der Waals surface area contributed by atoms with Gasteiger partial charge in [0.1, 0.15) is 5.75 Å². The molecule has 0 fully saturated rings. The predicted molar refractivity (Wildman–Crippen MR) is 123 cm³/mol. The van der Waals surface area contributed by atoms with E-state index in [2.05, 4.69) is 24.8 Å². The zero-order chi connectivity index (χ0) is 21.0. The summed E-state index contributed by atoms with van der Waals surface area (Å²) in [4.78, 5) is 12.5. The summed E-state index contributed by atoms with van der Waals surface area (Å²) < 4.78 is 5.54. The van der Waals surface area contributed by atoms with Gasteiger partial charge in [-0.15, -0.1) is 0 Å². The fourth-order valence-corrected chi connectivity index (χ4v) is 3.22. The molecule has 2 nitrogen and oxygen atoms in total. The van der Waals surface area contributed by atoms with Crippen LogP contribution in [0, 0.1) is 11.8 Å². The van der Waals surface area contributed by atoms with Gasteiger partial charge in [-0.1, -0.05) is 74.8 Å². The number of rotatable bonds is 8. The zero-order valence-corrected chi connectivity index (χ0v) is 17.6. The van der Waals surface area contributed by atoms with E-state index in [0.29, 0.717) is 11.3 Å². The average Bonchev–Trinajstić information content (AvgIpc) is 2.79. The molecule has 3 aromatic rings. The van der Waals surface area contributed by atoms with Crippen molar-refractivity contribution < 1.29 is 9.53 Å². The topological polar surface area (TPSA) is 26.3 Å². The van der Waals surface area contributed by atoms with Crippen LogP contribution in [0.15, 0.2) is 78.9 Å². The van der Waals surface area contributed by atoms with Crippen LogP contribution in [0.1, 0.15) is 66.1 Å². The van der Waals surface area contributed by atoms with E-state index in [9.17, 15) is 4.79 Å². The van der Waals surface area contributed by atoms with E-state index in [-0.39, 0.29) is 5.97 Å². The Morgan fingerprint density at radius 2 is 1.47 bits per heavy atom. The molecule has 0 bridgehead atoms. The Balaban J connectivity index is 1.55. The minimum absolute atomic E-state index is 0.328. The third-order valence-electron chi connectivity index (χ3n) is 4.92. The molecular formula is C28H28O2. The van der Waals surface area contributed by atoms with Crippen LogP contribution < -0.4 is 4.74 Å². The Morgan fingerprint density at radius 1 is 0.767 bits per heavy atom. The summed E-state index contributed by atoms with van der Waals surface area (Å²) in [7, 11) is 0. The first-order valence-electron chi connectivity index (χ1n) is 10.7. The summed E-state index contributed by atoms with van der Waals surface area (Å²) in [5.41, 5.74) is 3.63. The van der Waals surface area contributed by atoms with E-state index in [4.69, 9.17) is 4.74 Å². The van der Waals surface area contributed by atoms with Crippen LogP contribution >= 0.6 is 0 Å². The van der Waals surface area contributed by atoms with E-state index >= 15 is 0 Å². The van der Waals surface area contributed by atoms with Gasteiger partial charge in [0, 0.05) is 11.1 Å². The maximum Gasteiger partial charge on any atom is 0.343 e. The zero-order valence-electron chi connectivity index (χ0n) is 17.6. The standard InChI is InChI=1S/C28H28O2/c1-2-3-4-5-7-13-25-14-10-15-26(22-25)28(29)30-27-20-18-24(19-21-27)17-16-23-11-8-6-9-12-23/h6,8-12,14-15,18-22H,2-5,7,13H2,1H3. The summed E-state index contributed by atoms with van der Waals surface area (Å²) in [6, 6.07) is 24.9. The molecule has 3 rings (SSSR count). The van der Waals surface area contributed by atoms with Crippen molar-refractivity contribution in [2.24, 2.45) is 0 Å². The molecule has 0 N–H and O–H groups in total. The summed E-state index contributed by atoms with van der Waals surface area (Å²) in [6.07, 6.45) is 7.22. The molecule has 0 unspecified atom stereocenters.